The van der Waals surface area contributed by atoms with Gasteiger partial charge < -0.3 is 9.84 Å². The number of carbonyl (C=O) groups excluding carboxylic acids is 1. The van der Waals surface area contributed by atoms with Gasteiger partial charge in [0.2, 0.25) is 0 Å². The number of benzene rings is 1. The van der Waals surface area contributed by atoms with Gasteiger partial charge in [0.25, 0.3) is 0 Å². The van der Waals surface area contributed by atoms with Crippen LogP contribution in [0.1, 0.15) is 0 Å². The maximum Gasteiger partial charge on any atom is 0.416 e. The molecule has 1 saturated heterocycles. The molecule has 2 rings (SSSR count). The summed E-state index contributed by atoms with van der Waals surface area (Å²) < 4.78 is 4.95. The van der Waals surface area contributed by atoms with E-state index in [-0.39, 0.29) is 11.8 Å². The second-order valence-corrected chi connectivity index (χ2v) is 3.16. The van der Waals surface area contributed by atoms with Crippen molar-refractivity contribution in [2.24, 2.45) is 0 Å². The molecule has 1 atom stereocenters. The molecule has 1 aliphatic rings. The summed E-state index contributed by atoms with van der Waals surface area (Å²) >= 11 is 0. The number of carbonyl (C=O) groups is 1. The van der Waals surface area contributed by atoms with Gasteiger partial charge in [0.05, 0.1) is 12.6 Å². The second-order valence-electron chi connectivity index (χ2n) is 3.16. The zero-order chi connectivity index (χ0) is 10.8. The number of ether oxygens (including phenoxy) is 1. The molecule has 5 nitrogen and oxygen atoms in total. The summed E-state index contributed by atoms with van der Waals surface area (Å²) in [6.45, 7) is 0.424. The molecule has 5 heteroatoms. The van der Waals surface area contributed by atoms with E-state index >= 15 is 0 Å². The number of phenolic OH excluding ortho intramolecular Hbond substituents is 1. The fourth-order valence-electron chi connectivity index (χ4n) is 1.13. The Morgan fingerprint density at radius 1 is 1.53 bits per heavy atom. The van der Waals surface area contributed by atoms with Crippen molar-refractivity contribution in [3.05, 3.63) is 24.3 Å². The van der Waals surface area contributed by atoms with Gasteiger partial charge in [-0.05, 0) is 24.3 Å². The second kappa shape index (κ2) is 3.50. The summed E-state index contributed by atoms with van der Waals surface area (Å²) in [6, 6.07) is 7.41. The lowest BCUT2D eigenvalue weighted by Crippen LogP contribution is -2.17. The molecular formula is C10H8N2O3. The van der Waals surface area contributed by atoms with Crippen LogP contribution in [0.5, 0.6) is 11.5 Å². The molecule has 1 aliphatic heterocycles. The summed E-state index contributed by atoms with van der Waals surface area (Å²) in [7, 11) is 0. The van der Waals surface area contributed by atoms with Gasteiger partial charge in [0.1, 0.15) is 17.5 Å². The number of rotatable bonds is 1. The number of phenols is 1. The molecule has 1 unspecified atom stereocenters. The molecule has 1 fully saturated rings. The Hall–Kier alpha value is -2.22. The van der Waals surface area contributed by atoms with E-state index in [1.165, 1.54) is 29.2 Å². The normalized spacial score (nSPS) is 18.1. The van der Waals surface area contributed by atoms with Crippen molar-refractivity contribution in [2.75, 3.05) is 6.54 Å². The molecule has 0 spiro atoms. The zero-order valence-corrected chi connectivity index (χ0v) is 7.75. The summed E-state index contributed by atoms with van der Waals surface area (Å²) in [5, 5.41) is 17.5. The smallest absolute Gasteiger partial charge is 0.416 e. The average Bonchev–Trinajstić information content (AvgIpc) is 3.00. The highest BCUT2D eigenvalue weighted by molar-refractivity contribution is 5.74. The highest BCUT2D eigenvalue weighted by atomic mass is 16.6. The summed E-state index contributed by atoms with van der Waals surface area (Å²) in [6.07, 6.45) is -0.535. The Balaban J connectivity index is 1.96. The first kappa shape index (κ1) is 9.34. The molecule has 1 amide bonds. The molecule has 1 N–H and O–H groups in total. The standard InChI is InChI=1S/C10H8N2O3/c11-5-7-6-12(7)10(14)15-9-3-1-8(13)2-4-9/h1-4,7,13H,6H2. The largest absolute Gasteiger partial charge is 0.508 e. The Kier molecular flexibility index (Phi) is 2.18. The first-order valence-electron chi connectivity index (χ1n) is 4.38. The van der Waals surface area contributed by atoms with Crippen LogP contribution < -0.4 is 4.74 Å². The molecule has 1 aromatic carbocycles. The molecule has 15 heavy (non-hydrogen) atoms. The molecule has 76 valence electrons. The SMILES string of the molecule is N#CC1CN1C(=O)Oc1ccc(O)cc1. The molecule has 0 aromatic heterocycles. The van der Waals surface area contributed by atoms with Crippen molar-refractivity contribution in [2.45, 2.75) is 6.04 Å². The van der Waals surface area contributed by atoms with Crippen LogP contribution in [-0.2, 0) is 0 Å². The van der Waals surface area contributed by atoms with Gasteiger partial charge >= 0.3 is 6.09 Å². The minimum absolute atomic E-state index is 0.108. The van der Waals surface area contributed by atoms with Crippen molar-refractivity contribution >= 4 is 6.09 Å². The summed E-state index contributed by atoms with van der Waals surface area (Å²) in [5.41, 5.74) is 0. The highest BCUT2D eigenvalue weighted by Crippen LogP contribution is 2.21. The lowest BCUT2D eigenvalue weighted by molar-refractivity contribution is 0.184. The van der Waals surface area contributed by atoms with Crippen molar-refractivity contribution in [1.82, 2.24) is 4.90 Å². The van der Waals surface area contributed by atoms with Crippen LogP contribution in [-0.4, -0.2) is 28.7 Å². The lowest BCUT2D eigenvalue weighted by atomic mass is 10.3. The van der Waals surface area contributed by atoms with Crippen molar-refractivity contribution in [3.8, 4) is 17.6 Å². The van der Waals surface area contributed by atoms with E-state index in [2.05, 4.69) is 0 Å². The minimum atomic E-state index is -0.535. The van der Waals surface area contributed by atoms with Gasteiger partial charge in [-0.25, -0.2) is 4.79 Å². The van der Waals surface area contributed by atoms with Crippen LogP contribution in [0.4, 0.5) is 4.79 Å². The molecule has 1 heterocycles. The summed E-state index contributed by atoms with van der Waals surface area (Å²) in [5.74, 6) is 0.456. The number of aromatic hydroxyl groups is 1. The first-order valence-corrected chi connectivity index (χ1v) is 4.38. The minimum Gasteiger partial charge on any atom is -0.508 e. The quantitative estimate of drug-likeness (QED) is 0.695. The lowest BCUT2D eigenvalue weighted by Gasteiger charge is -2.04. The molecule has 0 radical (unpaired) electrons. The van der Waals surface area contributed by atoms with E-state index in [1.54, 1.807) is 0 Å². The predicted octanol–water partition coefficient (Wildman–Crippen LogP) is 1.10. The van der Waals surface area contributed by atoms with Gasteiger partial charge in [0.15, 0.2) is 0 Å². The number of hydrogen-bond donors (Lipinski definition) is 1. The number of nitriles is 1. The topological polar surface area (TPSA) is 73.3 Å². The predicted molar refractivity (Wildman–Crippen MR) is 50.2 cm³/mol. The van der Waals surface area contributed by atoms with Gasteiger partial charge in [-0.1, -0.05) is 0 Å². The van der Waals surface area contributed by atoms with E-state index in [9.17, 15) is 4.79 Å². The van der Waals surface area contributed by atoms with Crippen LogP contribution in [0, 0.1) is 11.3 Å². The third-order valence-corrected chi connectivity index (χ3v) is 2.04. The highest BCUT2D eigenvalue weighted by Gasteiger charge is 2.40. The van der Waals surface area contributed by atoms with Crippen molar-refractivity contribution in [3.63, 3.8) is 0 Å². The maximum atomic E-state index is 11.3. The van der Waals surface area contributed by atoms with E-state index in [1.807, 2.05) is 6.07 Å². The van der Waals surface area contributed by atoms with E-state index in [0.29, 0.717) is 12.3 Å². The fraction of sp³-hybridized carbons (Fsp3) is 0.200. The van der Waals surface area contributed by atoms with Crippen molar-refractivity contribution < 1.29 is 14.6 Å². The molecule has 0 saturated carbocycles. The Morgan fingerprint density at radius 3 is 2.73 bits per heavy atom. The monoisotopic (exact) mass is 204 g/mol. The van der Waals surface area contributed by atoms with Crippen LogP contribution in [0.2, 0.25) is 0 Å². The average molecular weight is 204 g/mol. The number of nitrogens with zero attached hydrogens (tertiary/aromatic N) is 2. The van der Waals surface area contributed by atoms with Gasteiger partial charge in [-0.2, -0.15) is 5.26 Å². The van der Waals surface area contributed by atoms with E-state index in [0.717, 1.165) is 0 Å². The molecular weight excluding hydrogens is 196 g/mol. The Morgan fingerprint density at radius 2 is 2.20 bits per heavy atom. The van der Waals surface area contributed by atoms with E-state index in [4.69, 9.17) is 15.1 Å². The summed E-state index contributed by atoms with van der Waals surface area (Å²) in [4.78, 5) is 12.6. The van der Waals surface area contributed by atoms with Gasteiger partial charge in [-0.15, -0.1) is 0 Å². The first-order chi connectivity index (χ1) is 7.20. The van der Waals surface area contributed by atoms with Crippen LogP contribution in [0.3, 0.4) is 0 Å². The molecule has 0 bridgehead atoms. The van der Waals surface area contributed by atoms with Gasteiger partial charge in [-0.3, -0.25) is 4.90 Å². The van der Waals surface area contributed by atoms with Crippen LogP contribution in [0.15, 0.2) is 24.3 Å². The van der Waals surface area contributed by atoms with Gasteiger partial charge in [0, 0.05) is 0 Å². The third kappa shape index (κ3) is 1.99. The number of amides is 1. The van der Waals surface area contributed by atoms with E-state index < -0.39 is 6.09 Å². The van der Waals surface area contributed by atoms with Crippen molar-refractivity contribution in [1.29, 1.82) is 5.26 Å². The Bertz CT molecular complexity index is 421. The fourth-order valence-corrected chi connectivity index (χ4v) is 1.13. The Labute approximate surface area is 86.1 Å². The van der Waals surface area contributed by atoms with Crippen LogP contribution in [0.25, 0.3) is 0 Å². The number of hydrogen-bond acceptors (Lipinski definition) is 4. The van der Waals surface area contributed by atoms with Crippen LogP contribution >= 0.6 is 0 Å². The molecule has 0 aliphatic carbocycles. The zero-order valence-electron chi connectivity index (χ0n) is 7.75. The molecule has 1 aromatic rings. The third-order valence-electron chi connectivity index (χ3n) is 2.04. The maximum absolute atomic E-state index is 11.3.